The van der Waals surface area contributed by atoms with Gasteiger partial charge in [0.2, 0.25) is 5.91 Å². The fraction of sp³-hybridized carbons (Fsp3) is 0.941. The van der Waals surface area contributed by atoms with Crippen LogP contribution in [-0.2, 0) is 4.79 Å². The lowest BCUT2D eigenvalue weighted by atomic mass is 10.00. The Bertz CT molecular complexity index is 321. The molecule has 0 bridgehead atoms. The SMILES string of the molecule is CNC(=O)CN1CCC(NC(C)CC2CCCCCN2)CC1. The maximum atomic E-state index is 11.4. The van der Waals surface area contributed by atoms with E-state index >= 15 is 0 Å². The lowest BCUT2D eigenvalue weighted by Crippen LogP contribution is -2.48. The smallest absolute Gasteiger partial charge is 0.233 e. The fourth-order valence-corrected chi connectivity index (χ4v) is 3.74. The second-order valence-electron chi connectivity index (χ2n) is 7.03. The van der Waals surface area contributed by atoms with E-state index in [2.05, 4.69) is 27.8 Å². The highest BCUT2D eigenvalue weighted by atomic mass is 16.1. The zero-order valence-electron chi connectivity index (χ0n) is 14.4. The van der Waals surface area contributed by atoms with Gasteiger partial charge < -0.3 is 16.0 Å². The lowest BCUT2D eigenvalue weighted by Gasteiger charge is -2.34. The molecule has 1 amide bonds. The number of hydrogen-bond acceptors (Lipinski definition) is 4. The molecule has 0 saturated carbocycles. The quantitative estimate of drug-likeness (QED) is 0.688. The van der Waals surface area contributed by atoms with Crippen molar-refractivity contribution in [3.8, 4) is 0 Å². The largest absolute Gasteiger partial charge is 0.358 e. The highest BCUT2D eigenvalue weighted by Gasteiger charge is 2.22. The van der Waals surface area contributed by atoms with Gasteiger partial charge in [-0.25, -0.2) is 0 Å². The van der Waals surface area contributed by atoms with Crippen molar-refractivity contribution in [3.05, 3.63) is 0 Å². The van der Waals surface area contributed by atoms with Gasteiger partial charge in [-0.1, -0.05) is 12.8 Å². The molecule has 2 fully saturated rings. The van der Waals surface area contributed by atoms with Gasteiger partial charge >= 0.3 is 0 Å². The Morgan fingerprint density at radius 3 is 2.73 bits per heavy atom. The van der Waals surface area contributed by atoms with Gasteiger partial charge in [0.15, 0.2) is 0 Å². The number of nitrogens with zero attached hydrogens (tertiary/aromatic N) is 1. The molecule has 5 heteroatoms. The number of carbonyl (C=O) groups excluding carboxylic acids is 1. The van der Waals surface area contributed by atoms with E-state index in [9.17, 15) is 4.79 Å². The van der Waals surface area contributed by atoms with Gasteiger partial charge in [-0.05, 0) is 45.6 Å². The van der Waals surface area contributed by atoms with Gasteiger partial charge in [0.1, 0.15) is 0 Å². The Hall–Kier alpha value is -0.650. The summed E-state index contributed by atoms with van der Waals surface area (Å²) in [7, 11) is 1.71. The number of amides is 1. The topological polar surface area (TPSA) is 56.4 Å². The molecule has 3 N–H and O–H groups in total. The zero-order valence-corrected chi connectivity index (χ0v) is 14.4. The third kappa shape index (κ3) is 6.23. The molecule has 5 nitrogen and oxygen atoms in total. The van der Waals surface area contributed by atoms with Crippen LogP contribution >= 0.6 is 0 Å². The van der Waals surface area contributed by atoms with Crippen LogP contribution in [0.3, 0.4) is 0 Å². The Balaban J connectivity index is 1.63. The van der Waals surface area contributed by atoms with Crippen LogP contribution in [0.2, 0.25) is 0 Å². The normalized spacial score (nSPS) is 26.4. The highest BCUT2D eigenvalue weighted by Crippen LogP contribution is 2.15. The van der Waals surface area contributed by atoms with Gasteiger partial charge in [-0.2, -0.15) is 0 Å². The van der Waals surface area contributed by atoms with Crippen molar-refractivity contribution < 1.29 is 4.79 Å². The van der Waals surface area contributed by atoms with Gasteiger partial charge in [0.25, 0.3) is 0 Å². The van der Waals surface area contributed by atoms with Crippen LogP contribution in [0.15, 0.2) is 0 Å². The van der Waals surface area contributed by atoms with E-state index in [-0.39, 0.29) is 5.91 Å². The summed E-state index contributed by atoms with van der Waals surface area (Å²) >= 11 is 0. The van der Waals surface area contributed by atoms with Crippen LogP contribution in [0.5, 0.6) is 0 Å². The number of likely N-dealkylation sites (tertiary alicyclic amines) is 1. The third-order valence-corrected chi connectivity index (χ3v) is 5.05. The molecule has 2 atom stereocenters. The van der Waals surface area contributed by atoms with Crippen LogP contribution in [0.1, 0.15) is 51.9 Å². The average Bonchev–Trinajstić information content (AvgIpc) is 2.77. The summed E-state index contributed by atoms with van der Waals surface area (Å²) in [6.45, 7) is 6.11. The number of carbonyl (C=O) groups is 1. The minimum atomic E-state index is 0.124. The first-order chi connectivity index (χ1) is 10.7. The van der Waals surface area contributed by atoms with Gasteiger partial charge in [-0.3, -0.25) is 9.69 Å². The molecule has 0 aromatic heterocycles. The van der Waals surface area contributed by atoms with E-state index in [0.29, 0.717) is 24.7 Å². The molecule has 0 aromatic rings. The third-order valence-electron chi connectivity index (χ3n) is 5.05. The van der Waals surface area contributed by atoms with E-state index in [0.717, 1.165) is 25.9 Å². The Labute approximate surface area is 135 Å². The Kier molecular flexibility index (Phi) is 7.63. The molecule has 2 aliphatic heterocycles. The van der Waals surface area contributed by atoms with E-state index in [1.807, 2.05) is 0 Å². The first-order valence-electron chi connectivity index (χ1n) is 9.09. The van der Waals surface area contributed by atoms with Crippen LogP contribution < -0.4 is 16.0 Å². The van der Waals surface area contributed by atoms with Crippen molar-refractivity contribution in [2.75, 3.05) is 33.2 Å². The summed E-state index contributed by atoms with van der Waals surface area (Å²) in [5, 5.41) is 10.2. The van der Waals surface area contributed by atoms with Crippen LogP contribution in [0.25, 0.3) is 0 Å². The molecule has 0 aliphatic carbocycles. The molecule has 2 unspecified atom stereocenters. The fourth-order valence-electron chi connectivity index (χ4n) is 3.74. The Morgan fingerprint density at radius 2 is 2.00 bits per heavy atom. The molecule has 128 valence electrons. The number of likely N-dealkylation sites (N-methyl/N-ethyl adjacent to an activating group) is 1. The predicted octanol–water partition coefficient (Wildman–Crippen LogP) is 1.10. The standard InChI is InChI=1S/C17H34N4O/c1-14(12-16-6-4-3-5-9-19-16)20-15-7-10-21(11-8-15)13-17(22)18-2/h14-16,19-20H,3-13H2,1-2H3,(H,18,22). The average molecular weight is 310 g/mol. The van der Waals surface area contributed by atoms with Crippen LogP contribution in [-0.4, -0.2) is 62.2 Å². The van der Waals surface area contributed by atoms with Crippen molar-refractivity contribution in [2.45, 2.75) is 70.0 Å². The molecule has 2 saturated heterocycles. The van der Waals surface area contributed by atoms with E-state index in [4.69, 9.17) is 0 Å². The lowest BCUT2D eigenvalue weighted by molar-refractivity contribution is -0.122. The molecule has 0 radical (unpaired) electrons. The van der Waals surface area contributed by atoms with Gasteiger partial charge in [-0.15, -0.1) is 0 Å². The molecule has 22 heavy (non-hydrogen) atoms. The summed E-state index contributed by atoms with van der Waals surface area (Å²) in [6, 6.07) is 1.88. The minimum Gasteiger partial charge on any atom is -0.358 e. The molecular weight excluding hydrogens is 276 g/mol. The Morgan fingerprint density at radius 1 is 1.23 bits per heavy atom. The summed E-state index contributed by atoms with van der Waals surface area (Å²) in [4.78, 5) is 13.7. The van der Waals surface area contributed by atoms with Crippen molar-refractivity contribution in [1.29, 1.82) is 0 Å². The summed E-state index contributed by atoms with van der Waals surface area (Å²) in [5.74, 6) is 0.124. The van der Waals surface area contributed by atoms with E-state index in [1.165, 1.54) is 38.6 Å². The van der Waals surface area contributed by atoms with Crippen LogP contribution in [0.4, 0.5) is 0 Å². The molecule has 2 heterocycles. The maximum Gasteiger partial charge on any atom is 0.233 e. The van der Waals surface area contributed by atoms with E-state index in [1.54, 1.807) is 7.05 Å². The van der Waals surface area contributed by atoms with Crippen LogP contribution in [0, 0.1) is 0 Å². The number of hydrogen-bond donors (Lipinski definition) is 3. The first-order valence-corrected chi connectivity index (χ1v) is 9.09. The maximum absolute atomic E-state index is 11.4. The first kappa shape index (κ1) is 17.7. The molecule has 0 spiro atoms. The van der Waals surface area contributed by atoms with Crippen molar-refractivity contribution in [1.82, 2.24) is 20.9 Å². The molecule has 2 aliphatic rings. The summed E-state index contributed by atoms with van der Waals surface area (Å²) in [5.41, 5.74) is 0. The highest BCUT2D eigenvalue weighted by molar-refractivity contribution is 5.77. The molecular formula is C17H34N4O. The summed E-state index contributed by atoms with van der Waals surface area (Å²) < 4.78 is 0. The van der Waals surface area contributed by atoms with Crippen molar-refractivity contribution >= 4 is 5.91 Å². The monoisotopic (exact) mass is 310 g/mol. The van der Waals surface area contributed by atoms with Gasteiger partial charge in [0.05, 0.1) is 6.54 Å². The predicted molar refractivity (Wildman–Crippen MR) is 91.0 cm³/mol. The number of nitrogens with one attached hydrogen (secondary N) is 3. The second kappa shape index (κ2) is 9.48. The van der Waals surface area contributed by atoms with E-state index < -0.39 is 0 Å². The summed E-state index contributed by atoms with van der Waals surface area (Å²) in [6.07, 6.45) is 8.97. The second-order valence-corrected chi connectivity index (χ2v) is 7.03. The van der Waals surface area contributed by atoms with Crippen molar-refractivity contribution in [3.63, 3.8) is 0 Å². The number of piperidine rings is 1. The zero-order chi connectivity index (χ0) is 15.8. The molecule has 0 aromatic carbocycles. The van der Waals surface area contributed by atoms with Gasteiger partial charge in [0, 0.05) is 38.3 Å². The number of rotatable bonds is 6. The minimum absolute atomic E-state index is 0.124. The molecule has 2 rings (SSSR count). The van der Waals surface area contributed by atoms with Crippen molar-refractivity contribution in [2.24, 2.45) is 0 Å².